The van der Waals surface area contributed by atoms with Crippen LogP contribution in [-0.4, -0.2) is 31.8 Å². The summed E-state index contributed by atoms with van der Waals surface area (Å²) < 4.78 is 16.0. The molecule has 0 spiro atoms. The van der Waals surface area contributed by atoms with Crippen molar-refractivity contribution in [2.24, 2.45) is 0 Å². The molecule has 2 amide bonds. The number of hydrogen-bond acceptors (Lipinski definition) is 5. The van der Waals surface area contributed by atoms with Crippen LogP contribution in [0.25, 0.3) is 0 Å². The second kappa shape index (κ2) is 6.68. The molecule has 7 heteroatoms. The highest BCUT2D eigenvalue weighted by Gasteiger charge is 2.26. The summed E-state index contributed by atoms with van der Waals surface area (Å²) in [5, 5.41) is 2.84. The molecule has 7 nitrogen and oxygen atoms in total. The van der Waals surface area contributed by atoms with Crippen molar-refractivity contribution in [1.29, 1.82) is 0 Å². The standard InChI is InChI=1S/C20H18N2O5/c1-12(2)9-22-15-8-14(4-6-16(15)25-10-19(22)23)21-20(24)13-3-5-17-18(7-13)27-11-26-17/h3-8H,1,9-11H2,2H3,(H,21,24). The molecule has 0 bridgehead atoms. The summed E-state index contributed by atoms with van der Waals surface area (Å²) in [5.74, 6) is 1.32. The van der Waals surface area contributed by atoms with Gasteiger partial charge in [0.2, 0.25) is 6.79 Å². The van der Waals surface area contributed by atoms with Crippen molar-refractivity contribution in [2.45, 2.75) is 6.92 Å². The Morgan fingerprint density at radius 1 is 1.11 bits per heavy atom. The molecule has 4 rings (SSSR count). The summed E-state index contributed by atoms with van der Waals surface area (Å²) in [7, 11) is 0. The van der Waals surface area contributed by atoms with Gasteiger partial charge in [-0.3, -0.25) is 9.59 Å². The molecule has 0 radical (unpaired) electrons. The predicted molar refractivity (Wildman–Crippen MR) is 99.6 cm³/mol. The van der Waals surface area contributed by atoms with Crippen molar-refractivity contribution in [2.75, 3.05) is 30.2 Å². The van der Waals surface area contributed by atoms with Crippen LogP contribution in [0.3, 0.4) is 0 Å². The Balaban J connectivity index is 1.58. The van der Waals surface area contributed by atoms with Gasteiger partial charge in [-0.05, 0) is 43.3 Å². The lowest BCUT2D eigenvalue weighted by Crippen LogP contribution is -2.39. The van der Waals surface area contributed by atoms with Gasteiger partial charge in [0.05, 0.1) is 5.69 Å². The molecule has 138 valence electrons. The fourth-order valence-corrected chi connectivity index (χ4v) is 2.96. The first-order chi connectivity index (χ1) is 13.0. The highest BCUT2D eigenvalue weighted by molar-refractivity contribution is 6.06. The first-order valence-electron chi connectivity index (χ1n) is 8.44. The van der Waals surface area contributed by atoms with E-state index >= 15 is 0 Å². The van der Waals surface area contributed by atoms with E-state index in [9.17, 15) is 9.59 Å². The third kappa shape index (κ3) is 3.31. The van der Waals surface area contributed by atoms with E-state index in [1.54, 1.807) is 41.3 Å². The number of carbonyl (C=O) groups is 2. The summed E-state index contributed by atoms with van der Waals surface area (Å²) in [4.78, 5) is 26.4. The molecule has 0 aliphatic carbocycles. The molecule has 2 aromatic carbocycles. The molecule has 0 unspecified atom stereocenters. The van der Waals surface area contributed by atoms with Gasteiger partial charge < -0.3 is 24.4 Å². The SMILES string of the molecule is C=C(C)CN1C(=O)COc2ccc(NC(=O)c3ccc4c(c3)OCO4)cc21. The van der Waals surface area contributed by atoms with Crippen LogP contribution in [0.2, 0.25) is 0 Å². The minimum absolute atomic E-state index is 0.0107. The Bertz CT molecular complexity index is 953. The lowest BCUT2D eigenvalue weighted by Gasteiger charge is -2.30. The largest absolute Gasteiger partial charge is 0.482 e. The van der Waals surface area contributed by atoms with E-state index in [2.05, 4.69) is 11.9 Å². The van der Waals surface area contributed by atoms with E-state index in [0.29, 0.717) is 40.7 Å². The number of fused-ring (bicyclic) bond motifs is 2. The van der Waals surface area contributed by atoms with Crippen molar-refractivity contribution in [3.8, 4) is 17.2 Å². The van der Waals surface area contributed by atoms with E-state index in [0.717, 1.165) is 5.57 Å². The predicted octanol–water partition coefficient (Wildman–Crippen LogP) is 2.97. The molecule has 2 aromatic rings. The summed E-state index contributed by atoms with van der Waals surface area (Å²) in [6, 6.07) is 10.2. The van der Waals surface area contributed by atoms with Gasteiger partial charge in [0, 0.05) is 17.8 Å². The summed E-state index contributed by atoms with van der Waals surface area (Å²) >= 11 is 0. The second-order valence-corrected chi connectivity index (χ2v) is 6.43. The van der Waals surface area contributed by atoms with E-state index < -0.39 is 0 Å². The van der Waals surface area contributed by atoms with E-state index in [1.165, 1.54) is 0 Å². The summed E-state index contributed by atoms with van der Waals surface area (Å²) in [6.45, 7) is 6.26. The average Bonchev–Trinajstić information content (AvgIpc) is 3.11. The van der Waals surface area contributed by atoms with Crippen LogP contribution >= 0.6 is 0 Å². The fraction of sp³-hybridized carbons (Fsp3) is 0.200. The van der Waals surface area contributed by atoms with Crippen LogP contribution in [0.5, 0.6) is 17.2 Å². The maximum Gasteiger partial charge on any atom is 0.265 e. The van der Waals surface area contributed by atoms with Gasteiger partial charge in [-0.2, -0.15) is 0 Å². The number of anilines is 2. The van der Waals surface area contributed by atoms with Gasteiger partial charge in [-0.15, -0.1) is 0 Å². The lowest BCUT2D eigenvalue weighted by molar-refractivity contribution is -0.121. The minimum atomic E-state index is -0.289. The van der Waals surface area contributed by atoms with Gasteiger partial charge >= 0.3 is 0 Å². The maximum atomic E-state index is 12.6. The highest BCUT2D eigenvalue weighted by Crippen LogP contribution is 2.36. The number of ether oxygens (including phenoxy) is 3. The number of carbonyl (C=O) groups excluding carboxylic acids is 2. The Morgan fingerprint density at radius 3 is 2.70 bits per heavy atom. The first kappa shape index (κ1) is 17.0. The monoisotopic (exact) mass is 366 g/mol. The molecular formula is C20H18N2O5. The topological polar surface area (TPSA) is 77.1 Å². The molecule has 2 aliphatic rings. The van der Waals surface area contributed by atoms with Crippen LogP contribution in [-0.2, 0) is 4.79 Å². The lowest BCUT2D eigenvalue weighted by atomic mass is 10.1. The summed E-state index contributed by atoms with van der Waals surface area (Å²) in [5.41, 5.74) is 2.47. The van der Waals surface area contributed by atoms with Crippen molar-refractivity contribution in [3.05, 3.63) is 54.1 Å². The van der Waals surface area contributed by atoms with Gasteiger partial charge in [0.1, 0.15) is 5.75 Å². The Morgan fingerprint density at radius 2 is 1.89 bits per heavy atom. The van der Waals surface area contributed by atoms with Crippen molar-refractivity contribution in [3.63, 3.8) is 0 Å². The number of rotatable bonds is 4. The van der Waals surface area contributed by atoms with Crippen LogP contribution in [0.15, 0.2) is 48.6 Å². The highest BCUT2D eigenvalue weighted by atomic mass is 16.7. The molecule has 0 saturated carbocycles. The Hall–Kier alpha value is -3.48. The average molecular weight is 366 g/mol. The zero-order valence-electron chi connectivity index (χ0n) is 14.8. The maximum absolute atomic E-state index is 12.6. The molecule has 0 aromatic heterocycles. The normalized spacial score (nSPS) is 14.4. The molecule has 0 atom stereocenters. The smallest absolute Gasteiger partial charge is 0.265 e. The third-order valence-electron chi connectivity index (χ3n) is 4.22. The number of nitrogens with one attached hydrogen (secondary N) is 1. The fourth-order valence-electron chi connectivity index (χ4n) is 2.96. The zero-order chi connectivity index (χ0) is 19.0. The molecule has 2 aliphatic heterocycles. The number of amides is 2. The molecule has 2 heterocycles. The van der Waals surface area contributed by atoms with Gasteiger partial charge in [-0.1, -0.05) is 12.2 Å². The van der Waals surface area contributed by atoms with Gasteiger partial charge in [-0.25, -0.2) is 0 Å². The number of nitrogens with zero attached hydrogens (tertiary/aromatic N) is 1. The molecular weight excluding hydrogens is 348 g/mol. The molecule has 1 N–H and O–H groups in total. The zero-order valence-corrected chi connectivity index (χ0v) is 14.8. The number of benzene rings is 2. The van der Waals surface area contributed by atoms with Crippen LogP contribution in [0.1, 0.15) is 17.3 Å². The van der Waals surface area contributed by atoms with E-state index in [-0.39, 0.29) is 25.2 Å². The Kier molecular flexibility index (Phi) is 4.19. The molecule has 0 fully saturated rings. The van der Waals surface area contributed by atoms with Gasteiger partial charge in [0.25, 0.3) is 11.8 Å². The molecule has 0 saturated heterocycles. The summed E-state index contributed by atoms with van der Waals surface area (Å²) in [6.07, 6.45) is 0. The van der Waals surface area contributed by atoms with E-state index in [1.807, 2.05) is 6.92 Å². The van der Waals surface area contributed by atoms with Crippen LogP contribution in [0.4, 0.5) is 11.4 Å². The molecule has 27 heavy (non-hydrogen) atoms. The van der Waals surface area contributed by atoms with Crippen LogP contribution in [0, 0.1) is 0 Å². The quantitative estimate of drug-likeness (QED) is 0.842. The third-order valence-corrected chi connectivity index (χ3v) is 4.22. The Labute approximate surface area is 156 Å². The van der Waals surface area contributed by atoms with Crippen molar-refractivity contribution < 1.29 is 23.8 Å². The van der Waals surface area contributed by atoms with Crippen molar-refractivity contribution >= 4 is 23.2 Å². The second-order valence-electron chi connectivity index (χ2n) is 6.43. The number of hydrogen-bond donors (Lipinski definition) is 1. The minimum Gasteiger partial charge on any atom is -0.482 e. The van der Waals surface area contributed by atoms with Gasteiger partial charge in [0.15, 0.2) is 18.1 Å². The van der Waals surface area contributed by atoms with Crippen molar-refractivity contribution in [1.82, 2.24) is 0 Å². The first-order valence-corrected chi connectivity index (χ1v) is 8.44. The van der Waals surface area contributed by atoms with Crippen LogP contribution < -0.4 is 24.4 Å². The van der Waals surface area contributed by atoms with E-state index in [4.69, 9.17) is 14.2 Å².